The number of hydrogen-bond donors (Lipinski definition) is 2. The number of nitrogens with one attached hydrogen (secondary N) is 1. The summed E-state index contributed by atoms with van der Waals surface area (Å²) in [6.07, 6.45) is 0.0755. The molecule has 0 spiro atoms. The topological polar surface area (TPSA) is 81.4 Å². The van der Waals surface area contributed by atoms with Crippen LogP contribution in [-0.4, -0.2) is 23.9 Å². The SMILES string of the molecule is NC(=O)CCOc1ccc(NC(=O)c2ccccc2SC(F)(F)F)cc1. The molecule has 0 aromatic heterocycles. The molecule has 2 amide bonds. The Hall–Kier alpha value is -2.68. The summed E-state index contributed by atoms with van der Waals surface area (Å²) in [5.74, 6) is -0.665. The van der Waals surface area contributed by atoms with E-state index in [1.165, 1.54) is 36.4 Å². The molecule has 0 saturated carbocycles. The molecule has 0 aliphatic heterocycles. The van der Waals surface area contributed by atoms with Gasteiger partial charge in [0.25, 0.3) is 5.91 Å². The number of rotatable bonds is 7. The molecule has 9 heteroatoms. The number of ether oxygens (including phenoxy) is 1. The van der Waals surface area contributed by atoms with Crippen LogP contribution in [0.25, 0.3) is 0 Å². The van der Waals surface area contributed by atoms with Gasteiger partial charge >= 0.3 is 5.51 Å². The molecule has 2 aromatic carbocycles. The fraction of sp³-hybridized carbons (Fsp3) is 0.176. The molecule has 26 heavy (non-hydrogen) atoms. The smallest absolute Gasteiger partial charge is 0.446 e. The standard InChI is InChI=1S/C17H15F3N2O3S/c18-17(19,20)26-14-4-2-1-3-13(14)16(24)22-11-5-7-12(8-6-11)25-10-9-15(21)23/h1-8H,9-10H2,(H2,21,23)(H,22,24). The molecule has 0 radical (unpaired) electrons. The minimum atomic E-state index is -4.49. The van der Waals surface area contributed by atoms with Gasteiger partial charge in [-0.05, 0) is 48.2 Å². The van der Waals surface area contributed by atoms with Gasteiger partial charge in [-0.3, -0.25) is 9.59 Å². The van der Waals surface area contributed by atoms with E-state index in [1.807, 2.05) is 0 Å². The summed E-state index contributed by atoms with van der Waals surface area (Å²) in [4.78, 5) is 22.7. The molecule has 138 valence electrons. The Balaban J connectivity index is 2.03. The van der Waals surface area contributed by atoms with Gasteiger partial charge in [-0.25, -0.2) is 0 Å². The summed E-state index contributed by atoms with van der Waals surface area (Å²) < 4.78 is 43.1. The van der Waals surface area contributed by atoms with Gasteiger partial charge in [0.1, 0.15) is 5.75 Å². The third kappa shape index (κ3) is 6.32. The molecule has 0 saturated heterocycles. The Morgan fingerprint density at radius 1 is 1.08 bits per heavy atom. The molecular formula is C17H15F3N2O3S. The van der Waals surface area contributed by atoms with Gasteiger partial charge in [0, 0.05) is 10.6 Å². The highest BCUT2D eigenvalue weighted by Crippen LogP contribution is 2.38. The summed E-state index contributed by atoms with van der Waals surface area (Å²) in [6, 6.07) is 11.7. The number of carbonyl (C=O) groups excluding carboxylic acids is 2. The Morgan fingerprint density at radius 2 is 1.73 bits per heavy atom. The second-order valence-electron chi connectivity index (χ2n) is 5.09. The van der Waals surface area contributed by atoms with Crippen molar-refractivity contribution in [3.63, 3.8) is 0 Å². The summed E-state index contributed by atoms with van der Waals surface area (Å²) in [5, 5.41) is 2.54. The third-order valence-corrected chi connectivity index (χ3v) is 3.89. The lowest BCUT2D eigenvalue weighted by Gasteiger charge is -2.12. The van der Waals surface area contributed by atoms with Crippen LogP contribution in [0.1, 0.15) is 16.8 Å². The third-order valence-electron chi connectivity index (χ3n) is 3.09. The van der Waals surface area contributed by atoms with Gasteiger partial charge < -0.3 is 15.8 Å². The van der Waals surface area contributed by atoms with E-state index in [-0.39, 0.29) is 35.2 Å². The van der Waals surface area contributed by atoms with Crippen molar-refractivity contribution in [2.75, 3.05) is 11.9 Å². The highest BCUT2D eigenvalue weighted by Gasteiger charge is 2.31. The number of thioether (sulfide) groups is 1. The predicted molar refractivity (Wildman–Crippen MR) is 92.1 cm³/mol. The quantitative estimate of drug-likeness (QED) is 0.712. The van der Waals surface area contributed by atoms with Crippen molar-refractivity contribution in [2.24, 2.45) is 5.73 Å². The van der Waals surface area contributed by atoms with Crippen LogP contribution in [0.5, 0.6) is 5.75 Å². The summed E-state index contributed by atoms with van der Waals surface area (Å²) in [5.41, 5.74) is 0.837. The van der Waals surface area contributed by atoms with E-state index in [1.54, 1.807) is 12.1 Å². The van der Waals surface area contributed by atoms with Gasteiger partial charge in [-0.2, -0.15) is 13.2 Å². The van der Waals surface area contributed by atoms with Gasteiger partial charge in [0.2, 0.25) is 5.91 Å². The molecule has 0 fully saturated rings. The average Bonchev–Trinajstić information content (AvgIpc) is 2.55. The first-order valence-electron chi connectivity index (χ1n) is 7.42. The molecule has 0 heterocycles. The number of primary amides is 1. The number of carbonyl (C=O) groups is 2. The molecule has 2 rings (SSSR count). The van der Waals surface area contributed by atoms with Crippen molar-refractivity contribution in [2.45, 2.75) is 16.8 Å². The highest BCUT2D eigenvalue weighted by atomic mass is 32.2. The van der Waals surface area contributed by atoms with Crippen LogP contribution < -0.4 is 15.8 Å². The largest absolute Gasteiger partial charge is 0.493 e. The van der Waals surface area contributed by atoms with E-state index in [2.05, 4.69) is 5.32 Å². The second kappa shape index (κ2) is 8.61. The Labute approximate surface area is 151 Å². The van der Waals surface area contributed by atoms with Crippen LogP contribution in [0.3, 0.4) is 0 Å². The van der Waals surface area contributed by atoms with E-state index >= 15 is 0 Å². The number of alkyl halides is 3. The lowest BCUT2D eigenvalue weighted by atomic mass is 10.2. The fourth-order valence-corrected chi connectivity index (χ4v) is 2.64. The van der Waals surface area contributed by atoms with E-state index in [0.717, 1.165) is 0 Å². The van der Waals surface area contributed by atoms with Crippen molar-refractivity contribution in [3.8, 4) is 5.75 Å². The summed E-state index contributed by atoms with van der Waals surface area (Å²) in [7, 11) is 0. The van der Waals surface area contributed by atoms with Crippen molar-refractivity contribution in [1.29, 1.82) is 0 Å². The van der Waals surface area contributed by atoms with E-state index in [9.17, 15) is 22.8 Å². The van der Waals surface area contributed by atoms with Crippen LogP contribution in [0.15, 0.2) is 53.4 Å². The Bertz CT molecular complexity index is 780. The predicted octanol–water partition coefficient (Wildman–Crippen LogP) is 3.81. The molecule has 0 atom stereocenters. The van der Waals surface area contributed by atoms with Crippen LogP contribution in [0.4, 0.5) is 18.9 Å². The van der Waals surface area contributed by atoms with E-state index < -0.39 is 17.3 Å². The first-order chi connectivity index (χ1) is 12.2. The lowest BCUT2D eigenvalue weighted by Crippen LogP contribution is -2.15. The summed E-state index contributed by atoms with van der Waals surface area (Å²) in [6.45, 7) is 0.128. The maximum absolute atomic E-state index is 12.6. The van der Waals surface area contributed by atoms with Crippen LogP contribution >= 0.6 is 11.8 Å². The minimum absolute atomic E-state index is 0.0726. The summed E-state index contributed by atoms with van der Waals surface area (Å²) >= 11 is -0.338. The van der Waals surface area contributed by atoms with E-state index in [4.69, 9.17) is 10.5 Å². The normalized spacial score (nSPS) is 11.0. The number of nitrogens with two attached hydrogens (primary N) is 1. The van der Waals surface area contributed by atoms with Gasteiger partial charge in [0.15, 0.2) is 0 Å². The number of benzene rings is 2. The zero-order valence-electron chi connectivity index (χ0n) is 13.4. The van der Waals surface area contributed by atoms with Crippen molar-refractivity contribution < 1.29 is 27.5 Å². The molecular weight excluding hydrogens is 369 g/mol. The van der Waals surface area contributed by atoms with Crippen LogP contribution in [-0.2, 0) is 4.79 Å². The maximum atomic E-state index is 12.6. The molecule has 0 aliphatic carbocycles. The van der Waals surface area contributed by atoms with Crippen molar-refractivity contribution in [1.82, 2.24) is 0 Å². The monoisotopic (exact) mass is 384 g/mol. The zero-order chi connectivity index (χ0) is 19.2. The molecule has 0 unspecified atom stereocenters. The highest BCUT2D eigenvalue weighted by molar-refractivity contribution is 8.00. The number of amides is 2. The molecule has 0 bridgehead atoms. The Kier molecular flexibility index (Phi) is 6.51. The molecule has 0 aliphatic rings. The Morgan fingerprint density at radius 3 is 2.35 bits per heavy atom. The molecule has 3 N–H and O–H groups in total. The van der Waals surface area contributed by atoms with Gasteiger partial charge in [-0.1, -0.05) is 12.1 Å². The van der Waals surface area contributed by atoms with Crippen molar-refractivity contribution in [3.05, 3.63) is 54.1 Å². The van der Waals surface area contributed by atoms with E-state index in [0.29, 0.717) is 11.4 Å². The second-order valence-corrected chi connectivity index (χ2v) is 6.19. The molecule has 2 aromatic rings. The number of anilines is 1. The van der Waals surface area contributed by atoms with Crippen LogP contribution in [0.2, 0.25) is 0 Å². The first kappa shape index (κ1) is 19.6. The minimum Gasteiger partial charge on any atom is -0.493 e. The zero-order valence-corrected chi connectivity index (χ0v) is 14.2. The number of halogens is 3. The van der Waals surface area contributed by atoms with Gasteiger partial charge in [-0.15, -0.1) is 0 Å². The lowest BCUT2D eigenvalue weighted by molar-refractivity contribution is -0.118. The van der Waals surface area contributed by atoms with Crippen LogP contribution in [0, 0.1) is 0 Å². The van der Waals surface area contributed by atoms with Crippen molar-refractivity contribution >= 4 is 29.3 Å². The number of hydrogen-bond acceptors (Lipinski definition) is 4. The van der Waals surface area contributed by atoms with Gasteiger partial charge in [0.05, 0.1) is 18.6 Å². The first-order valence-corrected chi connectivity index (χ1v) is 8.23. The molecule has 5 nitrogen and oxygen atoms in total. The maximum Gasteiger partial charge on any atom is 0.446 e. The fourth-order valence-electron chi connectivity index (χ4n) is 1.97. The average molecular weight is 384 g/mol.